The summed E-state index contributed by atoms with van der Waals surface area (Å²) in [5.41, 5.74) is -0.565. The molecule has 0 amide bonds. The molecule has 3 N–H and O–H groups in total. The van der Waals surface area contributed by atoms with Crippen LogP contribution in [0.1, 0.15) is 37.6 Å². The van der Waals surface area contributed by atoms with Crippen LogP contribution in [0.4, 0.5) is 0 Å². The van der Waals surface area contributed by atoms with Gasteiger partial charge < -0.3 is 10.2 Å². The first kappa shape index (κ1) is 13.6. The molecule has 0 aromatic carbocycles. The number of aliphatic hydroxyl groups excluding tert-OH is 2. The highest BCUT2D eigenvalue weighted by Crippen LogP contribution is 2.25. The lowest BCUT2D eigenvalue weighted by Crippen LogP contribution is -2.52. The van der Waals surface area contributed by atoms with Gasteiger partial charge in [-0.25, -0.2) is 0 Å². The summed E-state index contributed by atoms with van der Waals surface area (Å²) >= 11 is 1.70. The van der Waals surface area contributed by atoms with Crippen LogP contribution in [0.25, 0.3) is 0 Å². The van der Waals surface area contributed by atoms with Crippen LogP contribution in [-0.4, -0.2) is 29.0 Å². The molecule has 0 spiro atoms. The lowest BCUT2D eigenvalue weighted by atomic mass is 9.96. The maximum atomic E-state index is 9.40. The molecule has 1 aromatic heterocycles. The van der Waals surface area contributed by atoms with Gasteiger partial charge in [0.1, 0.15) is 0 Å². The zero-order chi connectivity index (χ0) is 12.0. The lowest BCUT2D eigenvalue weighted by Gasteiger charge is -2.34. The Morgan fingerprint density at radius 1 is 1.38 bits per heavy atom. The lowest BCUT2D eigenvalue weighted by molar-refractivity contribution is 0.0772. The van der Waals surface area contributed by atoms with Crippen molar-refractivity contribution < 1.29 is 10.2 Å². The van der Waals surface area contributed by atoms with Crippen molar-refractivity contribution in [1.82, 2.24) is 5.32 Å². The predicted molar refractivity (Wildman–Crippen MR) is 67.7 cm³/mol. The van der Waals surface area contributed by atoms with Gasteiger partial charge >= 0.3 is 0 Å². The van der Waals surface area contributed by atoms with Crippen molar-refractivity contribution in [2.24, 2.45) is 0 Å². The molecule has 1 atom stereocenters. The largest absolute Gasteiger partial charge is 0.394 e. The monoisotopic (exact) mass is 243 g/mol. The van der Waals surface area contributed by atoms with Crippen LogP contribution in [0.3, 0.4) is 0 Å². The van der Waals surface area contributed by atoms with Gasteiger partial charge in [0.25, 0.3) is 0 Å². The Morgan fingerprint density at radius 3 is 2.44 bits per heavy atom. The van der Waals surface area contributed by atoms with Gasteiger partial charge in [0.2, 0.25) is 0 Å². The minimum absolute atomic E-state index is 0.0398. The quantitative estimate of drug-likeness (QED) is 0.686. The van der Waals surface area contributed by atoms with Crippen LogP contribution in [0.2, 0.25) is 0 Å². The number of aliphatic hydroxyl groups is 2. The molecule has 0 saturated heterocycles. The molecule has 0 aliphatic heterocycles. The van der Waals surface area contributed by atoms with Gasteiger partial charge in [-0.15, -0.1) is 11.3 Å². The molecule has 0 bridgehead atoms. The average molecular weight is 243 g/mol. The summed E-state index contributed by atoms with van der Waals surface area (Å²) in [4.78, 5) is 1.25. The standard InChI is InChI=1S/C12H21NO2S/c1-3-10(11-6-5-7-16-11)13-12(4-2,8-14)9-15/h5-7,10,13-15H,3-4,8-9H2,1-2H3. The summed E-state index contributed by atoms with van der Waals surface area (Å²) in [5.74, 6) is 0. The Kier molecular flexibility index (Phi) is 5.41. The molecule has 16 heavy (non-hydrogen) atoms. The fourth-order valence-corrected chi connectivity index (χ4v) is 2.56. The highest BCUT2D eigenvalue weighted by molar-refractivity contribution is 7.10. The highest BCUT2D eigenvalue weighted by atomic mass is 32.1. The van der Waals surface area contributed by atoms with E-state index in [0.29, 0.717) is 6.42 Å². The third-order valence-corrected chi connectivity index (χ3v) is 4.04. The fraction of sp³-hybridized carbons (Fsp3) is 0.667. The smallest absolute Gasteiger partial charge is 0.0650 e. The summed E-state index contributed by atoms with van der Waals surface area (Å²) < 4.78 is 0. The fourth-order valence-electron chi connectivity index (χ4n) is 1.70. The van der Waals surface area contributed by atoms with Crippen LogP contribution in [0, 0.1) is 0 Å². The molecule has 0 fully saturated rings. The summed E-state index contributed by atoms with van der Waals surface area (Å²) in [5, 5.41) is 24.2. The molecular formula is C12H21NO2S. The summed E-state index contributed by atoms with van der Waals surface area (Å²) in [6.07, 6.45) is 1.66. The van der Waals surface area contributed by atoms with E-state index >= 15 is 0 Å². The molecule has 92 valence electrons. The highest BCUT2D eigenvalue weighted by Gasteiger charge is 2.29. The maximum absolute atomic E-state index is 9.40. The number of hydrogen-bond acceptors (Lipinski definition) is 4. The molecule has 1 heterocycles. The van der Waals surface area contributed by atoms with Crippen molar-refractivity contribution in [2.75, 3.05) is 13.2 Å². The van der Waals surface area contributed by atoms with Crippen molar-refractivity contribution in [1.29, 1.82) is 0 Å². The zero-order valence-corrected chi connectivity index (χ0v) is 10.8. The molecule has 1 rings (SSSR count). The molecule has 1 aromatic rings. The zero-order valence-electron chi connectivity index (χ0n) is 9.94. The molecular weight excluding hydrogens is 222 g/mol. The van der Waals surface area contributed by atoms with E-state index in [9.17, 15) is 10.2 Å². The molecule has 0 aliphatic carbocycles. The van der Waals surface area contributed by atoms with Crippen LogP contribution < -0.4 is 5.32 Å². The van der Waals surface area contributed by atoms with E-state index < -0.39 is 5.54 Å². The van der Waals surface area contributed by atoms with E-state index in [4.69, 9.17) is 0 Å². The Labute approximate surface area is 101 Å². The van der Waals surface area contributed by atoms with Gasteiger partial charge in [-0.1, -0.05) is 19.9 Å². The Bertz CT molecular complexity index is 275. The van der Waals surface area contributed by atoms with Gasteiger partial charge in [-0.05, 0) is 24.3 Å². The average Bonchev–Trinajstić information content (AvgIpc) is 2.85. The van der Waals surface area contributed by atoms with Crippen molar-refractivity contribution in [2.45, 2.75) is 38.3 Å². The van der Waals surface area contributed by atoms with Crippen molar-refractivity contribution in [3.05, 3.63) is 22.4 Å². The van der Waals surface area contributed by atoms with E-state index in [1.807, 2.05) is 18.4 Å². The molecule has 0 saturated carbocycles. The number of hydrogen-bond donors (Lipinski definition) is 3. The summed E-state index contributed by atoms with van der Waals surface area (Å²) in [6.45, 7) is 4.00. The molecule has 0 radical (unpaired) electrons. The van der Waals surface area contributed by atoms with E-state index in [2.05, 4.69) is 18.3 Å². The van der Waals surface area contributed by atoms with Crippen molar-refractivity contribution >= 4 is 11.3 Å². The van der Waals surface area contributed by atoms with E-state index in [1.165, 1.54) is 4.88 Å². The van der Waals surface area contributed by atoms with Gasteiger partial charge in [0.15, 0.2) is 0 Å². The van der Waals surface area contributed by atoms with E-state index in [0.717, 1.165) is 6.42 Å². The summed E-state index contributed by atoms with van der Waals surface area (Å²) in [7, 11) is 0. The predicted octanol–water partition coefficient (Wildman–Crippen LogP) is 1.92. The first-order valence-corrected chi connectivity index (χ1v) is 6.62. The van der Waals surface area contributed by atoms with Crippen LogP contribution in [-0.2, 0) is 0 Å². The number of thiophene rings is 1. The van der Waals surface area contributed by atoms with E-state index in [1.54, 1.807) is 11.3 Å². The van der Waals surface area contributed by atoms with Crippen molar-refractivity contribution in [3.8, 4) is 0 Å². The summed E-state index contributed by atoms with van der Waals surface area (Å²) in [6, 6.07) is 4.32. The minimum atomic E-state index is -0.565. The molecule has 3 nitrogen and oxygen atoms in total. The topological polar surface area (TPSA) is 52.5 Å². The van der Waals surface area contributed by atoms with Gasteiger partial charge in [0.05, 0.1) is 18.8 Å². The Hall–Kier alpha value is -0.420. The molecule has 0 aliphatic rings. The van der Waals surface area contributed by atoms with E-state index in [-0.39, 0.29) is 19.3 Å². The molecule has 1 unspecified atom stereocenters. The van der Waals surface area contributed by atoms with Gasteiger partial charge in [-0.3, -0.25) is 5.32 Å². The minimum Gasteiger partial charge on any atom is -0.394 e. The second-order valence-corrected chi connectivity index (χ2v) is 5.05. The van der Waals surface area contributed by atoms with Crippen LogP contribution >= 0.6 is 11.3 Å². The number of nitrogens with one attached hydrogen (secondary N) is 1. The third-order valence-electron chi connectivity index (χ3n) is 3.06. The molecule has 4 heteroatoms. The first-order chi connectivity index (χ1) is 7.71. The second-order valence-electron chi connectivity index (χ2n) is 4.07. The Morgan fingerprint density at radius 2 is 2.06 bits per heavy atom. The van der Waals surface area contributed by atoms with Crippen LogP contribution in [0.15, 0.2) is 17.5 Å². The second kappa shape index (κ2) is 6.35. The maximum Gasteiger partial charge on any atom is 0.0650 e. The Balaban J connectivity index is 2.75. The van der Waals surface area contributed by atoms with Crippen molar-refractivity contribution in [3.63, 3.8) is 0 Å². The first-order valence-electron chi connectivity index (χ1n) is 5.74. The number of rotatable bonds is 7. The van der Waals surface area contributed by atoms with Crippen LogP contribution in [0.5, 0.6) is 0 Å². The normalized spacial score (nSPS) is 14.0. The SMILES string of the molecule is CCC(NC(CC)(CO)CO)c1cccs1. The third kappa shape index (κ3) is 3.04. The van der Waals surface area contributed by atoms with Gasteiger partial charge in [-0.2, -0.15) is 0 Å². The van der Waals surface area contributed by atoms with Gasteiger partial charge in [0, 0.05) is 10.9 Å².